The smallest absolute Gasteiger partial charge is 0.228 e. The number of hydrogen-bond acceptors (Lipinski definition) is 6. The van der Waals surface area contributed by atoms with Crippen LogP contribution < -0.4 is 15.8 Å². The summed E-state index contributed by atoms with van der Waals surface area (Å²) in [4.78, 5) is 39.4. The molecule has 1 aromatic heterocycles. The molecule has 2 atom stereocenters. The van der Waals surface area contributed by atoms with E-state index >= 15 is 0 Å². The Morgan fingerprint density at radius 3 is 2.58 bits per heavy atom. The van der Waals surface area contributed by atoms with Crippen molar-refractivity contribution < 1.29 is 9.59 Å². The largest absolute Gasteiger partial charge is 0.342 e. The number of carbonyl (C=O) groups excluding carboxylic acids is 2. The third kappa shape index (κ3) is 4.37. The number of rotatable bonds is 4. The highest BCUT2D eigenvalue weighted by atomic mass is 16.2. The molecular formula is C25H32N6O2. The van der Waals surface area contributed by atoms with Gasteiger partial charge in [-0.25, -0.2) is 9.97 Å². The molecule has 3 aliphatic heterocycles. The highest BCUT2D eigenvalue weighted by Crippen LogP contribution is 2.33. The normalized spacial score (nSPS) is 23.6. The number of nitrogens with one attached hydrogen (secondary N) is 2. The maximum Gasteiger partial charge on any atom is 0.228 e. The maximum atomic E-state index is 12.9. The number of aryl methyl sites for hydroxylation is 1. The summed E-state index contributed by atoms with van der Waals surface area (Å²) in [6.45, 7) is 6.72. The standard InChI is InChI=1S/C25H32N6O2/c1-16-20-8-9-22(32)31(15-18-6-4-3-5-7-18)24(20)28-23(27-16)19-10-12-30(13-11-19)25(33)21-14-26-29-17(21)2/h3-7,17,19,21,26,29H,8-15H2,1-2H3. The van der Waals surface area contributed by atoms with Gasteiger partial charge in [0.1, 0.15) is 11.6 Å². The monoisotopic (exact) mass is 448 g/mol. The van der Waals surface area contributed by atoms with Crippen LogP contribution in [-0.4, -0.2) is 52.4 Å². The molecule has 2 aromatic rings. The molecule has 2 amide bonds. The number of piperidine rings is 1. The third-order valence-electron chi connectivity index (χ3n) is 7.28. The van der Waals surface area contributed by atoms with Crippen LogP contribution in [0.1, 0.15) is 54.7 Å². The first kappa shape index (κ1) is 22.0. The number of anilines is 1. The van der Waals surface area contributed by atoms with Gasteiger partial charge in [0, 0.05) is 49.3 Å². The average Bonchev–Trinajstić information content (AvgIpc) is 3.27. The zero-order chi connectivity index (χ0) is 22.9. The van der Waals surface area contributed by atoms with Gasteiger partial charge < -0.3 is 4.90 Å². The van der Waals surface area contributed by atoms with Crippen LogP contribution in [-0.2, 0) is 22.6 Å². The van der Waals surface area contributed by atoms with Gasteiger partial charge in [0.2, 0.25) is 11.8 Å². The summed E-state index contributed by atoms with van der Waals surface area (Å²) >= 11 is 0. The van der Waals surface area contributed by atoms with Crippen molar-refractivity contribution in [2.45, 2.75) is 58.0 Å². The van der Waals surface area contributed by atoms with Crippen LogP contribution in [0.5, 0.6) is 0 Å². The summed E-state index contributed by atoms with van der Waals surface area (Å²) < 4.78 is 0. The molecule has 0 saturated carbocycles. The minimum atomic E-state index is -0.0126. The second kappa shape index (κ2) is 9.19. The van der Waals surface area contributed by atoms with Crippen molar-refractivity contribution in [2.24, 2.45) is 5.92 Å². The van der Waals surface area contributed by atoms with Gasteiger partial charge in [0.05, 0.1) is 12.5 Å². The average molecular weight is 449 g/mol. The van der Waals surface area contributed by atoms with E-state index in [1.54, 1.807) is 0 Å². The second-order valence-corrected chi connectivity index (χ2v) is 9.45. The molecule has 174 valence electrons. The first-order valence-electron chi connectivity index (χ1n) is 12.0. The lowest BCUT2D eigenvalue weighted by Gasteiger charge is -2.34. The number of likely N-dealkylation sites (tertiary alicyclic amines) is 1. The minimum Gasteiger partial charge on any atom is -0.342 e. The van der Waals surface area contributed by atoms with Gasteiger partial charge in [0.15, 0.2) is 0 Å². The molecule has 3 aliphatic rings. The van der Waals surface area contributed by atoms with Crippen molar-refractivity contribution in [1.82, 2.24) is 25.7 Å². The topological polar surface area (TPSA) is 90.5 Å². The van der Waals surface area contributed by atoms with Gasteiger partial charge in [-0.1, -0.05) is 30.3 Å². The van der Waals surface area contributed by atoms with Crippen LogP contribution in [0.3, 0.4) is 0 Å². The van der Waals surface area contributed by atoms with Crippen molar-refractivity contribution in [3.05, 3.63) is 53.0 Å². The lowest BCUT2D eigenvalue weighted by Crippen LogP contribution is -2.45. The van der Waals surface area contributed by atoms with Gasteiger partial charge in [-0.05, 0) is 38.7 Å². The van der Waals surface area contributed by atoms with E-state index < -0.39 is 0 Å². The van der Waals surface area contributed by atoms with Crippen molar-refractivity contribution in [1.29, 1.82) is 0 Å². The Morgan fingerprint density at radius 1 is 1.12 bits per heavy atom. The number of hydrazine groups is 1. The van der Waals surface area contributed by atoms with Gasteiger partial charge in [-0.3, -0.25) is 25.3 Å². The molecular weight excluding hydrogens is 416 g/mol. The van der Waals surface area contributed by atoms with E-state index in [4.69, 9.17) is 9.97 Å². The predicted octanol–water partition coefficient (Wildman–Crippen LogP) is 2.08. The van der Waals surface area contributed by atoms with Crippen LogP contribution in [0.4, 0.5) is 5.82 Å². The molecule has 33 heavy (non-hydrogen) atoms. The highest BCUT2D eigenvalue weighted by molar-refractivity contribution is 5.95. The summed E-state index contributed by atoms with van der Waals surface area (Å²) in [6.07, 6.45) is 2.88. The predicted molar refractivity (Wildman–Crippen MR) is 125 cm³/mol. The molecule has 2 saturated heterocycles. The summed E-state index contributed by atoms with van der Waals surface area (Å²) in [6, 6.07) is 10.2. The fourth-order valence-corrected chi connectivity index (χ4v) is 5.22. The van der Waals surface area contributed by atoms with Crippen molar-refractivity contribution in [3.63, 3.8) is 0 Å². The van der Waals surface area contributed by atoms with Gasteiger partial charge in [0.25, 0.3) is 0 Å². The quantitative estimate of drug-likeness (QED) is 0.744. The zero-order valence-electron chi connectivity index (χ0n) is 19.4. The molecule has 0 bridgehead atoms. The molecule has 2 unspecified atom stereocenters. The van der Waals surface area contributed by atoms with Gasteiger partial charge in [-0.15, -0.1) is 0 Å². The fraction of sp³-hybridized carbons (Fsp3) is 0.520. The van der Waals surface area contributed by atoms with Crippen molar-refractivity contribution in [3.8, 4) is 0 Å². The molecule has 5 rings (SSSR count). The van der Waals surface area contributed by atoms with E-state index in [0.717, 1.165) is 54.4 Å². The SMILES string of the molecule is Cc1nc(C2CCN(C(=O)C3CNNC3C)CC2)nc2c1CCC(=O)N2Cc1ccccc1. The Morgan fingerprint density at radius 2 is 1.88 bits per heavy atom. The van der Waals surface area contributed by atoms with Crippen LogP contribution in [0.15, 0.2) is 30.3 Å². The van der Waals surface area contributed by atoms with E-state index in [0.29, 0.717) is 25.9 Å². The lowest BCUT2D eigenvalue weighted by atomic mass is 9.93. The van der Waals surface area contributed by atoms with Crippen LogP contribution in [0.2, 0.25) is 0 Å². The molecule has 4 heterocycles. The van der Waals surface area contributed by atoms with E-state index in [2.05, 4.69) is 10.9 Å². The zero-order valence-corrected chi connectivity index (χ0v) is 19.4. The van der Waals surface area contributed by atoms with Crippen LogP contribution in [0.25, 0.3) is 0 Å². The first-order chi connectivity index (χ1) is 16.0. The van der Waals surface area contributed by atoms with E-state index in [1.165, 1.54) is 0 Å². The van der Waals surface area contributed by atoms with Crippen LogP contribution >= 0.6 is 0 Å². The molecule has 0 spiro atoms. The number of benzene rings is 1. The Labute approximate surface area is 194 Å². The summed E-state index contributed by atoms with van der Waals surface area (Å²) in [5.41, 5.74) is 9.36. The lowest BCUT2D eigenvalue weighted by molar-refractivity contribution is -0.136. The third-order valence-corrected chi connectivity index (χ3v) is 7.28. The molecule has 0 aliphatic carbocycles. The molecule has 8 nitrogen and oxygen atoms in total. The Kier molecular flexibility index (Phi) is 6.12. The number of aromatic nitrogens is 2. The summed E-state index contributed by atoms with van der Waals surface area (Å²) in [5, 5.41) is 0. The molecule has 8 heteroatoms. The Bertz CT molecular complexity index is 1030. The summed E-state index contributed by atoms with van der Waals surface area (Å²) in [7, 11) is 0. The molecule has 0 radical (unpaired) electrons. The molecule has 1 aromatic carbocycles. The summed E-state index contributed by atoms with van der Waals surface area (Å²) in [5.74, 6) is 2.10. The minimum absolute atomic E-state index is 0.0126. The Balaban J connectivity index is 1.33. The fourth-order valence-electron chi connectivity index (χ4n) is 5.22. The molecule has 2 fully saturated rings. The Hall–Kier alpha value is -2.84. The van der Waals surface area contributed by atoms with Crippen molar-refractivity contribution in [2.75, 3.05) is 24.5 Å². The highest BCUT2D eigenvalue weighted by Gasteiger charge is 2.36. The maximum absolute atomic E-state index is 12.9. The second-order valence-electron chi connectivity index (χ2n) is 9.45. The number of nitrogens with zero attached hydrogens (tertiary/aromatic N) is 4. The molecule has 2 N–H and O–H groups in total. The number of fused-ring (bicyclic) bond motifs is 1. The van der Waals surface area contributed by atoms with E-state index in [1.807, 2.05) is 54.0 Å². The number of carbonyl (C=O) groups is 2. The van der Waals surface area contributed by atoms with Crippen LogP contribution in [0, 0.1) is 12.8 Å². The van der Waals surface area contributed by atoms with E-state index in [9.17, 15) is 9.59 Å². The van der Waals surface area contributed by atoms with Gasteiger partial charge in [-0.2, -0.15) is 0 Å². The van der Waals surface area contributed by atoms with Gasteiger partial charge >= 0.3 is 0 Å². The number of hydrogen-bond donors (Lipinski definition) is 2. The number of amides is 2. The first-order valence-corrected chi connectivity index (χ1v) is 12.0. The van der Waals surface area contributed by atoms with Crippen molar-refractivity contribution >= 4 is 17.6 Å². The van der Waals surface area contributed by atoms with E-state index in [-0.39, 0.29) is 29.7 Å².